The Hall–Kier alpha value is -1.33. The molecule has 3 rings (SSSR count). The Bertz CT molecular complexity index is 497. The fourth-order valence-corrected chi connectivity index (χ4v) is 4.14. The van der Waals surface area contributed by atoms with E-state index in [-0.39, 0.29) is 11.8 Å². The van der Waals surface area contributed by atoms with E-state index in [4.69, 9.17) is 4.42 Å². The molecule has 1 aromatic heterocycles. The minimum Gasteiger partial charge on any atom is -0.467 e. The van der Waals surface area contributed by atoms with Crippen molar-refractivity contribution < 1.29 is 14.3 Å². The van der Waals surface area contributed by atoms with Crippen molar-refractivity contribution in [3.05, 3.63) is 24.2 Å². The highest BCUT2D eigenvalue weighted by Gasteiger charge is 2.27. The van der Waals surface area contributed by atoms with E-state index in [1.807, 2.05) is 12.1 Å². The summed E-state index contributed by atoms with van der Waals surface area (Å²) in [6.07, 6.45) is 9.63. The average Bonchev–Trinajstić information content (AvgIpc) is 3.33. The lowest BCUT2D eigenvalue weighted by molar-refractivity contribution is -0.124. The Kier molecular flexibility index (Phi) is 6.32. The molecule has 1 aliphatic carbocycles. The number of rotatable bonds is 8. The molecule has 2 N–H and O–H groups in total. The van der Waals surface area contributed by atoms with Gasteiger partial charge >= 0.3 is 0 Å². The van der Waals surface area contributed by atoms with E-state index in [0.29, 0.717) is 11.8 Å². The predicted octanol–water partition coefficient (Wildman–Crippen LogP) is 2.86. The molecule has 1 amide bonds. The van der Waals surface area contributed by atoms with Crippen LogP contribution in [0.1, 0.15) is 63.2 Å². The van der Waals surface area contributed by atoms with Crippen molar-refractivity contribution in [3.63, 3.8) is 0 Å². The number of nitrogens with zero attached hydrogens (tertiary/aromatic N) is 1. The maximum atomic E-state index is 12.0. The molecule has 1 saturated carbocycles. The van der Waals surface area contributed by atoms with Crippen LogP contribution in [0.4, 0.5) is 0 Å². The highest BCUT2D eigenvalue weighted by atomic mass is 16.4. The van der Waals surface area contributed by atoms with E-state index in [2.05, 4.69) is 10.2 Å². The molecule has 2 unspecified atom stereocenters. The Morgan fingerprint density at radius 3 is 2.92 bits per heavy atom. The molecule has 0 aromatic carbocycles. The van der Waals surface area contributed by atoms with Gasteiger partial charge in [0.05, 0.1) is 6.26 Å². The van der Waals surface area contributed by atoms with Gasteiger partial charge in [0.1, 0.15) is 11.9 Å². The molecule has 1 aromatic rings. The summed E-state index contributed by atoms with van der Waals surface area (Å²) in [5, 5.41) is 13.4. The van der Waals surface area contributed by atoms with Crippen LogP contribution in [0.2, 0.25) is 0 Å². The first-order valence-corrected chi connectivity index (χ1v) is 9.47. The second-order valence-corrected chi connectivity index (χ2v) is 7.22. The summed E-state index contributed by atoms with van der Waals surface area (Å²) in [4.78, 5) is 14.5. The van der Waals surface area contributed by atoms with Crippen LogP contribution >= 0.6 is 0 Å². The maximum absolute atomic E-state index is 12.0. The number of carbonyl (C=O) groups is 1. The van der Waals surface area contributed by atoms with Crippen LogP contribution in [0.3, 0.4) is 0 Å². The monoisotopic (exact) mass is 334 g/mol. The van der Waals surface area contributed by atoms with Crippen LogP contribution in [0.25, 0.3) is 0 Å². The van der Waals surface area contributed by atoms with Gasteiger partial charge in [0.25, 0.3) is 0 Å². The SMILES string of the molecule is O=C(NCCCN1CCCC1CC(O)c1ccco1)C1CCCC1. The van der Waals surface area contributed by atoms with E-state index in [1.54, 1.807) is 6.26 Å². The van der Waals surface area contributed by atoms with Gasteiger partial charge < -0.3 is 19.7 Å². The Morgan fingerprint density at radius 1 is 1.33 bits per heavy atom. The van der Waals surface area contributed by atoms with Gasteiger partial charge in [-0.25, -0.2) is 0 Å². The first-order chi connectivity index (χ1) is 11.7. The third-order valence-electron chi connectivity index (χ3n) is 5.51. The van der Waals surface area contributed by atoms with Crippen molar-refractivity contribution >= 4 is 5.91 Å². The summed E-state index contributed by atoms with van der Waals surface area (Å²) >= 11 is 0. The van der Waals surface area contributed by atoms with Crippen LogP contribution < -0.4 is 5.32 Å². The third kappa shape index (κ3) is 4.61. The number of carbonyl (C=O) groups excluding carboxylic acids is 1. The second kappa shape index (κ2) is 8.67. The van der Waals surface area contributed by atoms with Crippen molar-refractivity contribution in [1.29, 1.82) is 0 Å². The zero-order valence-corrected chi connectivity index (χ0v) is 14.5. The number of aliphatic hydroxyl groups is 1. The largest absolute Gasteiger partial charge is 0.467 e. The van der Waals surface area contributed by atoms with Crippen LogP contribution in [-0.2, 0) is 4.79 Å². The molecule has 134 valence electrons. The zero-order chi connectivity index (χ0) is 16.8. The summed E-state index contributed by atoms with van der Waals surface area (Å²) in [7, 11) is 0. The topological polar surface area (TPSA) is 65.7 Å². The van der Waals surface area contributed by atoms with Crippen molar-refractivity contribution in [2.75, 3.05) is 19.6 Å². The van der Waals surface area contributed by atoms with E-state index in [0.717, 1.165) is 51.7 Å². The van der Waals surface area contributed by atoms with Crippen LogP contribution in [0, 0.1) is 5.92 Å². The molecule has 5 heteroatoms. The Balaban J connectivity index is 1.35. The molecule has 0 bridgehead atoms. The number of likely N-dealkylation sites (tertiary alicyclic amines) is 1. The number of hydrogen-bond acceptors (Lipinski definition) is 4. The van der Waals surface area contributed by atoms with Gasteiger partial charge in [-0.05, 0) is 57.2 Å². The predicted molar refractivity (Wildman–Crippen MR) is 92.5 cm³/mol. The molecule has 1 aliphatic heterocycles. The normalized spacial score (nSPS) is 23.6. The van der Waals surface area contributed by atoms with Crippen LogP contribution in [0.5, 0.6) is 0 Å². The van der Waals surface area contributed by atoms with Crippen LogP contribution in [0.15, 0.2) is 22.8 Å². The van der Waals surface area contributed by atoms with Crippen molar-refractivity contribution in [1.82, 2.24) is 10.2 Å². The molecule has 5 nitrogen and oxygen atoms in total. The lowest BCUT2D eigenvalue weighted by Gasteiger charge is -2.26. The fraction of sp³-hybridized carbons (Fsp3) is 0.737. The van der Waals surface area contributed by atoms with Gasteiger partial charge in [-0.3, -0.25) is 4.79 Å². The molecule has 0 radical (unpaired) electrons. The number of hydrogen-bond donors (Lipinski definition) is 2. The molecule has 0 spiro atoms. The highest BCUT2D eigenvalue weighted by molar-refractivity contribution is 5.78. The second-order valence-electron chi connectivity index (χ2n) is 7.22. The van der Waals surface area contributed by atoms with Gasteiger partial charge in [-0.15, -0.1) is 0 Å². The summed E-state index contributed by atoms with van der Waals surface area (Å²) < 4.78 is 5.30. The van der Waals surface area contributed by atoms with E-state index in [1.165, 1.54) is 19.3 Å². The fourth-order valence-electron chi connectivity index (χ4n) is 4.14. The molecular formula is C19H30N2O3. The summed E-state index contributed by atoms with van der Waals surface area (Å²) in [5.74, 6) is 1.16. The molecular weight excluding hydrogens is 304 g/mol. The molecule has 2 fully saturated rings. The number of furan rings is 1. The number of amides is 1. The van der Waals surface area contributed by atoms with Gasteiger partial charge in [0.2, 0.25) is 5.91 Å². The number of nitrogens with one attached hydrogen (secondary N) is 1. The first kappa shape index (κ1) is 17.5. The highest BCUT2D eigenvalue weighted by Crippen LogP contribution is 2.28. The summed E-state index contributed by atoms with van der Waals surface area (Å²) in [5.41, 5.74) is 0. The summed E-state index contributed by atoms with van der Waals surface area (Å²) in [6, 6.07) is 4.07. The third-order valence-corrected chi connectivity index (χ3v) is 5.51. The van der Waals surface area contributed by atoms with Crippen molar-refractivity contribution in [2.24, 2.45) is 5.92 Å². The molecule has 24 heavy (non-hydrogen) atoms. The minimum absolute atomic E-state index is 0.249. The Labute approximate surface area is 144 Å². The van der Waals surface area contributed by atoms with Crippen LogP contribution in [-0.4, -0.2) is 41.6 Å². The van der Waals surface area contributed by atoms with E-state index >= 15 is 0 Å². The zero-order valence-electron chi connectivity index (χ0n) is 14.5. The first-order valence-electron chi connectivity index (χ1n) is 9.47. The smallest absolute Gasteiger partial charge is 0.223 e. The van der Waals surface area contributed by atoms with Gasteiger partial charge in [0.15, 0.2) is 0 Å². The van der Waals surface area contributed by atoms with E-state index < -0.39 is 6.10 Å². The number of aliphatic hydroxyl groups excluding tert-OH is 1. The van der Waals surface area contributed by atoms with Crippen molar-refractivity contribution in [3.8, 4) is 0 Å². The van der Waals surface area contributed by atoms with E-state index in [9.17, 15) is 9.90 Å². The molecule has 2 atom stereocenters. The quantitative estimate of drug-likeness (QED) is 0.718. The Morgan fingerprint density at radius 2 is 2.17 bits per heavy atom. The lowest BCUT2D eigenvalue weighted by atomic mass is 10.0. The summed E-state index contributed by atoms with van der Waals surface area (Å²) in [6.45, 7) is 2.84. The molecule has 2 heterocycles. The minimum atomic E-state index is -0.521. The average molecular weight is 334 g/mol. The van der Waals surface area contributed by atoms with Gasteiger partial charge in [-0.1, -0.05) is 12.8 Å². The lowest BCUT2D eigenvalue weighted by Crippen LogP contribution is -2.35. The molecule has 2 aliphatic rings. The van der Waals surface area contributed by atoms with Crippen molar-refractivity contribution in [2.45, 2.75) is 63.5 Å². The molecule has 1 saturated heterocycles. The maximum Gasteiger partial charge on any atom is 0.223 e. The van der Waals surface area contributed by atoms with Gasteiger partial charge in [-0.2, -0.15) is 0 Å². The standard InChI is InChI=1S/C19H30N2O3/c22-17(18-9-4-13-24-18)14-16-8-3-11-21(16)12-5-10-20-19(23)15-6-1-2-7-15/h4,9,13,15-17,22H,1-3,5-8,10-12,14H2,(H,20,23). The van der Waals surface area contributed by atoms with Gasteiger partial charge in [0, 0.05) is 25.0 Å².